The van der Waals surface area contributed by atoms with Crippen LogP contribution >= 0.6 is 22.6 Å². The van der Waals surface area contributed by atoms with Gasteiger partial charge in [-0.1, -0.05) is 18.2 Å². The van der Waals surface area contributed by atoms with E-state index in [1.807, 2.05) is 22.6 Å². The van der Waals surface area contributed by atoms with E-state index in [4.69, 9.17) is 5.73 Å². The van der Waals surface area contributed by atoms with Gasteiger partial charge in [-0.05, 0) is 40.6 Å². The standard InChI is InChI=1S/C13H12F3IN4/c14-13(15,16)9-4-2-1-3-8(9)5-6-19-12-10(18)11(17)20-7-21-12/h1-4,7H,5-6,18H2,(H,19,20,21). The Morgan fingerprint density at radius 3 is 2.62 bits per heavy atom. The minimum atomic E-state index is -4.35. The third-order valence-electron chi connectivity index (χ3n) is 2.84. The van der Waals surface area contributed by atoms with Gasteiger partial charge in [-0.25, -0.2) is 9.97 Å². The highest BCUT2D eigenvalue weighted by Crippen LogP contribution is 2.32. The highest BCUT2D eigenvalue weighted by molar-refractivity contribution is 14.1. The SMILES string of the molecule is Nc1c(I)ncnc1NCCc1ccccc1C(F)(F)F. The molecular weight excluding hydrogens is 396 g/mol. The third kappa shape index (κ3) is 3.96. The Morgan fingerprint density at radius 2 is 1.90 bits per heavy atom. The highest BCUT2D eigenvalue weighted by atomic mass is 127. The number of anilines is 2. The van der Waals surface area contributed by atoms with Gasteiger partial charge in [-0.2, -0.15) is 13.2 Å². The van der Waals surface area contributed by atoms with E-state index in [1.54, 1.807) is 6.07 Å². The fourth-order valence-corrected chi connectivity index (χ4v) is 2.23. The van der Waals surface area contributed by atoms with Crippen molar-refractivity contribution in [1.29, 1.82) is 0 Å². The average molecular weight is 408 g/mol. The molecule has 0 aliphatic carbocycles. The zero-order valence-corrected chi connectivity index (χ0v) is 12.9. The van der Waals surface area contributed by atoms with Crippen LogP contribution in [0.1, 0.15) is 11.1 Å². The van der Waals surface area contributed by atoms with E-state index in [0.29, 0.717) is 21.8 Å². The molecule has 1 aromatic carbocycles. The van der Waals surface area contributed by atoms with Gasteiger partial charge in [0.2, 0.25) is 0 Å². The summed E-state index contributed by atoms with van der Waals surface area (Å²) in [6.45, 7) is 0.296. The van der Waals surface area contributed by atoms with Crippen molar-refractivity contribution in [2.75, 3.05) is 17.6 Å². The maximum Gasteiger partial charge on any atom is 0.416 e. The first-order valence-electron chi connectivity index (χ1n) is 6.04. The van der Waals surface area contributed by atoms with Crippen LogP contribution in [0.15, 0.2) is 30.6 Å². The zero-order valence-electron chi connectivity index (χ0n) is 10.8. The van der Waals surface area contributed by atoms with E-state index in [2.05, 4.69) is 15.3 Å². The molecule has 1 aromatic heterocycles. The summed E-state index contributed by atoms with van der Waals surface area (Å²) in [7, 11) is 0. The molecule has 0 saturated heterocycles. The number of rotatable bonds is 4. The Hall–Kier alpha value is -1.58. The van der Waals surface area contributed by atoms with Crippen LogP contribution in [0.2, 0.25) is 0 Å². The number of nitrogen functional groups attached to an aromatic ring is 1. The Morgan fingerprint density at radius 1 is 1.19 bits per heavy atom. The largest absolute Gasteiger partial charge is 0.416 e. The van der Waals surface area contributed by atoms with Crippen LogP contribution in [-0.4, -0.2) is 16.5 Å². The number of hydrogen-bond acceptors (Lipinski definition) is 4. The molecule has 21 heavy (non-hydrogen) atoms. The van der Waals surface area contributed by atoms with Gasteiger partial charge in [0, 0.05) is 6.54 Å². The first-order valence-corrected chi connectivity index (χ1v) is 7.12. The van der Waals surface area contributed by atoms with Crippen LogP contribution in [0, 0.1) is 3.70 Å². The van der Waals surface area contributed by atoms with E-state index in [-0.39, 0.29) is 12.0 Å². The van der Waals surface area contributed by atoms with Gasteiger partial charge in [-0.15, -0.1) is 0 Å². The molecule has 0 aliphatic heterocycles. The van der Waals surface area contributed by atoms with Gasteiger partial charge >= 0.3 is 6.18 Å². The molecule has 2 rings (SSSR count). The maximum atomic E-state index is 12.9. The van der Waals surface area contributed by atoms with E-state index in [9.17, 15) is 13.2 Å². The molecular formula is C13H12F3IN4. The molecule has 0 saturated carbocycles. The molecule has 0 unspecified atom stereocenters. The molecule has 2 aromatic rings. The van der Waals surface area contributed by atoms with Crippen LogP contribution in [0.5, 0.6) is 0 Å². The smallest absolute Gasteiger partial charge is 0.394 e. The Balaban J connectivity index is 2.06. The molecule has 4 nitrogen and oxygen atoms in total. The quantitative estimate of drug-likeness (QED) is 0.602. The summed E-state index contributed by atoms with van der Waals surface area (Å²) in [4.78, 5) is 7.88. The minimum Gasteiger partial charge on any atom is -0.394 e. The molecule has 0 amide bonds. The molecule has 0 fully saturated rings. The zero-order chi connectivity index (χ0) is 15.5. The second kappa shape index (κ2) is 6.46. The summed E-state index contributed by atoms with van der Waals surface area (Å²) in [5.41, 5.74) is 5.80. The first-order chi connectivity index (χ1) is 9.89. The lowest BCUT2D eigenvalue weighted by Crippen LogP contribution is -2.14. The molecule has 1 heterocycles. The summed E-state index contributed by atoms with van der Waals surface area (Å²) in [5, 5.41) is 2.93. The molecule has 3 N–H and O–H groups in total. The minimum absolute atomic E-state index is 0.218. The predicted octanol–water partition coefficient (Wildman–Crippen LogP) is 3.34. The van der Waals surface area contributed by atoms with Crippen molar-refractivity contribution in [2.24, 2.45) is 0 Å². The maximum absolute atomic E-state index is 12.9. The number of nitrogens with zero attached hydrogens (tertiary/aromatic N) is 2. The number of hydrogen-bond donors (Lipinski definition) is 2. The van der Waals surface area contributed by atoms with Gasteiger partial charge in [0.1, 0.15) is 15.7 Å². The first kappa shape index (κ1) is 15.8. The fraction of sp³-hybridized carbons (Fsp3) is 0.231. The summed E-state index contributed by atoms with van der Waals surface area (Å²) < 4.78 is 39.2. The third-order valence-corrected chi connectivity index (χ3v) is 3.70. The van der Waals surface area contributed by atoms with Crippen LogP contribution in [0.4, 0.5) is 24.7 Å². The Kier molecular flexibility index (Phi) is 4.86. The summed E-state index contributed by atoms with van der Waals surface area (Å²) in [5.74, 6) is 0.430. The molecule has 0 bridgehead atoms. The number of alkyl halides is 3. The van der Waals surface area contributed by atoms with E-state index in [0.717, 1.165) is 6.07 Å². The van der Waals surface area contributed by atoms with E-state index < -0.39 is 11.7 Å². The van der Waals surface area contributed by atoms with Crippen molar-refractivity contribution in [2.45, 2.75) is 12.6 Å². The molecule has 0 atom stereocenters. The van der Waals surface area contributed by atoms with Crippen molar-refractivity contribution in [3.05, 3.63) is 45.4 Å². The molecule has 0 radical (unpaired) electrons. The van der Waals surface area contributed by atoms with Crippen LogP contribution in [0.25, 0.3) is 0 Å². The molecule has 0 spiro atoms. The molecule has 112 valence electrons. The van der Waals surface area contributed by atoms with E-state index in [1.165, 1.54) is 18.5 Å². The Labute approximate surface area is 133 Å². The number of halogens is 4. The van der Waals surface area contributed by atoms with Crippen LogP contribution in [0.3, 0.4) is 0 Å². The number of aromatic nitrogens is 2. The second-order valence-electron chi connectivity index (χ2n) is 4.26. The molecule has 0 aliphatic rings. The number of nitrogens with two attached hydrogens (primary N) is 1. The van der Waals surface area contributed by atoms with Crippen molar-refractivity contribution in [1.82, 2.24) is 9.97 Å². The monoisotopic (exact) mass is 408 g/mol. The van der Waals surface area contributed by atoms with E-state index >= 15 is 0 Å². The fourth-order valence-electron chi connectivity index (χ4n) is 1.85. The van der Waals surface area contributed by atoms with Crippen LogP contribution in [-0.2, 0) is 12.6 Å². The van der Waals surface area contributed by atoms with Gasteiger partial charge in [0.05, 0.1) is 5.56 Å². The lowest BCUT2D eigenvalue weighted by Gasteiger charge is -2.13. The molecule has 8 heteroatoms. The van der Waals surface area contributed by atoms with Crippen LogP contribution < -0.4 is 11.1 Å². The summed E-state index contributed by atoms with van der Waals surface area (Å²) in [6.07, 6.45) is -2.78. The van der Waals surface area contributed by atoms with Crippen molar-refractivity contribution in [3.8, 4) is 0 Å². The highest BCUT2D eigenvalue weighted by Gasteiger charge is 2.32. The number of nitrogens with one attached hydrogen (secondary N) is 1. The summed E-state index contributed by atoms with van der Waals surface area (Å²) >= 11 is 1.96. The van der Waals surface area contributed by atoms with Gasteiger partial charge in [0.15, 0.2) is 5.82 Å². The van der Waals surface area contributed by atoms with Gasteiger partial charge in [0.25, 0.3) is 0 Å². The second-order valence-corrected chi connectivity index (χ2v) is 5.28. The van der Waals surface area contributed by atoms with Crippen molar-refractivity contribution in [3.63, 3.8) is 0 Å². The predicted molar refractivity (Wildman–Crippen MR) is 82.8 cm³/mol. The number of benzene rings is 1. The van der Waals surface area contributed by atoms with Crippen molar-refractivity contribution < 1.29 is 13.2 Å². The van der Waals surface area contributed by atoms with Gasteiger partial charge < -0.3 is 11.1 Å². The summed E-state index contributed by atoms with van der Waals surface area (Å²) in [6, 6.07) is 5.52. The lowest BCUT2D eigenvalue weighted by molar-refractivity contribution is -0.138. The normalized spacial score (nSPS) is 11.4. The topological polar surface area (TPSA) is 63.8 Å². The van der Waals surface area contributed by atoms with Gasteiger partial charge in [-0.3, -0.25) is 0 Å². The average Bonchev–Trinajstić information content (AvgIpc) is 2.43. The van der Waals surface area contributed by atoms with Crippen molar-refractivity contribution >= 4 is 34.1 Å². The Bertz CT molecular complexity index is 631. The lowest BCUT2D eigenvalue weighted by atomic mass is 10.0.